The fourth-order valence-electron chi connectivity index (χ4n) is 2.30. The first-order valence-electron chi connectivity index (χ1n) is 6.17. The molecule has 5 nitrogen and oxygen atoms in total. The van der Waals surface area contributed by atoms with Crippen molar-refractivity contribution in [3.63, 3.8) is 0 Å². The second-order valence-corrected chi connectivity index (χ2v) is 6.06. The summed E-state index contributed by atoms with van der Waals surface area (Å²) in [6.45, 7) is 5.14. The molecule has 0 radical (unpaired) electrons. The summed E-state index contributed by atoms with van der Waals surface area (Å²) < 4.78 is 0.959. The Morgan fingerprint density at radius 3 is 2.67 bits per heavy atom. The third kappa shape index (κ3) is 2.92. The molecule has 0 bridgehead atoms. The standard InChI is InChI=1S/C12H20IN5/c1-8-10(13)11(14)16-12(15-8)9-7-17(2)5-4-6-18(9)3/h9H,4-7H2,1-3H3,(H2,14,15,16). The highest BCUT2D eigenvalue weighted by atomic mass is 127. The molecule has 100 valence electrons. The van der Waals surface area contributed by atoms with E-state index >= 15 is 0 Å². The van der Waals surface area contributed by atoms with Crippen LogP contribution in [0.3, 0.4) is 0 Å². The molecule has 2 heterocycles. The lowest BCUT2D eigenvalue weighted by Gasteiger charge is -2.26. The summed E-state index contributed by atoms with van der Waals surface area (Å²) in [6, 6.07) is 0.232. The Balaban J connectivity index is 2.33. The van der Waals surface area contributed by atoms with Gasteiger partial charge in [0.05, 0.1) is 15.3 Å². The summed E-state index contributed by atoms with van der Waals surface area (Å²) in [5, 5.41) is 0. The molecule has 0 amide bonds. The average molecular weight is 361 g/mol. The lowest BCUT2D eigenvalue weighted by Crippen LogP contribution is -2.32. The molecule has 1 fully saturated rings. The molecule has 1 aromatic heterocycles. The van der Waals surface area contributed by atoms with Gasteiger partial charge in [-0.1, -0.05) is 0 Å². The van der Waals surface area contributed by atoms with E-state index in [9.17, 15) is 0 Å². The fraction of sp³-hybridized carbons (Fsp3) is 0.667. The third-order valence-corrected chi connectivity index (χ3v) is 4.76. The van der Waals surface area contributed by atoms with Crippen molar-refractivity contribution in [1.29, 1.82) is 0 Å². The van der Waals surface area contributed by atoms with Gasteiger partial charge >= 0.3 is 0 Å². The van der Waals surface area contributed by atoms with E-state index in [4.69, 9.17) is 5.73 Å². The Hall–Kier alpha value is -0.470. The largest absolute Gasteiger partial charge is 0.383 e. The van der Waals surface area contributed by atoms with Crippen LogP contribution < -0.4 is 5.73 Å². The molecule has 0 spiro atoms. The molecule has 6 heteroatoms. The van der Waals surface area contributed by atoms with Gasteiger partial charge in [-0.05, 0) is 63.1 Å². The van der Waals surface area contributed by atoms with E-state index in [1.165, 1.54) is 6.42 Å². The van der Waals surface area contributed by atoms with E-state index < -0.39 is 0 Å². The van der Waals surface area contributed by atoms with Crippen molar-refractivity contribution < 1.29 is 0 Å². The van der Waals surface area contributed by atoms with Crippen LogP contribution in [0.4, 0.5) is 5.82 Å². The molecule has 1 aromatic rings. The topological polar surface area (TPSA) is 58.3 Å². The van der Waals surface area contributed by atoms with Crippen LogP contribution in [0.1, 0.15) is 24.0 Å². The molecular weight excluding hydrogens is 341 g/mol. The van der Waals surface area contributed by atoms with Crippen molar-refractivity contribution >= 4 is 28.4 Å². The van der Waals surface area contributed by atoms with Gasteiger partial charge in [0.25, 0.3) is 0 Å². The van der Waals surface area contributed by atoms with Gasteiger partial charge in [-0.15, -0.1) is 0 Å². The molecule has 1 saturated heterocycles. The van der Waals surface area contributed by atoms with Gasteiger partial charge in [0.2, 0.25) is 0 Å². The predicted octanol–water partition coefficient (Wildman–Crippen LogP) is 1.28. The first-order valence-corrected chi connectivity index (χ1v) is 7.25. The Kier molecular flexibility index (Phi) is 4.39. The zero-order valence-corrected chi connectivity index (χ0v) is 13.3. The van der Waals surface area contributed by atoms with Gasteiger partial charge in [-0.2, -0.15) is 0 Å². The average Bonchev–Trinajstić information content (AvgIpc) is 2.47. The summed E-state index contributed by atoms with van der Waals surface area (Å²) >= 11 is 2.20. The van der Waals surface area contributed by atoms with Gasteiger partial charge in [0, 0.05) is 6.54 Å². The van der Waals surface area contributed by atoms with Crippen LogP contribution in [0.25, 0.3) is 0 Å². The van der Waals surface area contributed by atoms with Crippen molar-refractivity contribution in [2.45, 2.75) is 19.4 Å². The zero-order chi connectivity index (χ0) is 13.3. The summed E-state index contributed by atoms with van der Waals surface area (Å²) in [5.74, 6) is 1.44. The highest BCUT2D eigenvalue weighted by molar-refractivity contribution is 14.1. The number of aromatic nitrogens is 2. The van der Waals surface area contributed by atoms with E-state index in [0.717, 1.165) is 34.7 Å². The minimum absolute atomic E-state index is 0.232. The van der Waals surface area contributed by atoms with E-state index in [-0.39, 0.29) is 6.04 Å². The maximum atomic E-state index is 5.96. The van der Waals surface area contributed by atoms with Crippen LogP contribution in [0.15, 0.2) is 0 Å². The van der Waals surface area contributed by atoms with Crippen LogP contribution in [0.5, 0.6) is 0 Å². The summed E-state index contributed by atoms with van der Waals surface area (Å²) in [7, 11) is 4.28. The number of nitrogen functional groups attached to an aromatic ring is 1. The number of likely N-dealkylation sites (N-methyl/N-ethyl adjacent to an activating group) is 2. The van der Waals surface area contributed by atoms with E-state index in [2.05, 4.69) is 56.5 Å². The number of anilines is 1. The Labute approximate surface area is 122 Å². The molecule has 18 heavy (non-hydrogen) atoms. The molecule has 1 atom stereocenters. The van der Waals surface area contributed by atoms with Gasteiger partial charge in [0.15, 0.2) is 0 Å². The van der Waals surface area contributed by atoms with Crippen molar-refractivity contribution in [2.24, 2.45) is 0 Å². The lowest BCUT2D eigenvalue weighted by atomic mass is 10.2. The van der Waals surface area contributed by atoms with Crippen LogP contribution >= 0.6 is 22.6 Å². The molecule has 1 unspecified atom stereocenters. The van der Waals surface area contributed by atoms with Gasteiger partial charge in [0.1, 0.15) is 11.6 Å². The first kappa shape index (κ1) is 14.0. The second-order valence-electron chi connectivity index (χ2n) is 4.98. The zero-order valence-electron chi connectivity index (χ0n) is 11.1. The van der Waals surface area contributed by atoms with Crippen molar-refractivity contribution in [3.8, 4) is 0 Å². The van der Waals surface area contributed by atoms with E-state index in [1.54, 1.807) is 0 Å². The summed E-state index contributed by atoms with van der Waals surface area (Å²) in [4.78, 5) is 13.7. The normalized spacial score (nSPS) is 23.0. The molecule has 0 aromatic carbocycles. The number of nitrogens with zero attached hydrogens (tertiary/aromatic N) is 4. The van der Waals surface area contributed by atoms with Crippen LogP contribution in [-0.2, 0) is 0 Å². The second kappa shape index (κ2) is 5.66. The van der Waals surface area contributed by atoms with E-state index in [0.29, 0.717) is 5.82 Å². The highest BCUT2D eigenvalue weighted by Gasteiger charge is 2.25. The first-order chi connectivity index (χ1) is 8.49. The Morgan fingerprint density at radius 1 is 1.28 bits per heavy atom. The molecule has 1 aliphatic rings. The number of aryl methyl sites for hydroxylation is 1. The summed E-state index contributed by atoms with van der Waals surface area (Å²) in [5.41, 5.74) is 6.93. The molecule has 2 N–H and O–H groups in total. The summed E-state index contributed by atoms with van der Waals surface area (Å²) in [6.07, 6.45) is 1.18. The monoisotopic (exact) mass is 361 g/mol. The Bertz CT molecular complexity index is 413. The molecule has 0 aliphatic carbocycles. The van der Waals surface area contributed by atoms with Gasteiger partial charge in [-0.3, -0.25) is 4.90 Å². The van der Waals surface area contributed by atoms with Crippen molar-refractivity contribution in [1.82, 2.24) is 19.8 Å². The number of nitrogens with two attached hydrogens (primary N) is 1. The van der Waals surface area contributed by atoms with Crippen LogP contribution in [0.2, 0.25) is 0 Å². The molecule has 1 aliphatic heterocycles. The van der Waals surface area contributed by atoms with E-state index in [1.807, 2.05) is 6.92 Å². The van der Waals surface area contributed by atoms with Gasteiger partial charge in [-0.25, -0.2) is 9.97 Å². The predicted molar refractivity (Wildman–Crippen MR) is 81.4 cm³/mol. The number of halogens is 1. The minimum Gasteiger partial charge on any atom is -0.383 e. The van der Waals surface area contributed by atoms with Crippen molar-refractivity contribution in [3.05, 3.63) is 15.1 Å². The number of hydrogen-bond donors (Lipinski definition) is 1. The Morgan fingerprint density at radius 2 is 2.00 bits per heavy atom. The van der Waals surface area contributed by atoms with Crippen LogP contribution in [0, 0.1) is 10.5 Å². The maximum absolute atomic E-state index is 5.96. The molecule has 0 saturated carbocycles. The number of hydrogen-bond acceptors (Lipinski definition) is 5. The SMILES string of the molecule is Cc1nc(C2CN(C)CCCN2C)nc(N)c1I. The molecule has 2 rings (SSSR count). The maximum Gasteiger partial charge on any atom is 0.149 e. The smallest absolute Gasteiger partial charge is 0.149 e. The van der Waals surface area contributed by atoms with Crippen molar-refractivity contribution in [2.75, 3.05) is 39.5 Å². The fourth-order valence-corrected chi connectivity index (χ4v) is 2.54. The molecular formula is C12H20IN5. The number of rotatable bonds is 1. The quantitative estimate of drug-likeness (QED) is 0.764. The van der Waals surface area contributed by atoms with Crippen LogP contribution in [-0.4, -0.2) is 53.5 Å². The third-order valence-electron chi connectivity index (χ3n) is 3.43. The highest BCUT2D eigenvalue weighted by Crippen LogP contribution is 2.23. The van der Waals surface area contributed by atoms with Gasteiger partial charge < -0.3 is 10.6 Å². The minimum atomic E-state index is 0.232. The lowest BCUT2D eigenvalue weighted by molar-refractivity contribution is 0.219.